The van der Waals surface area contributed by atoms with Crippen molar-refractivity contribution in [2.75, 3.05) is 12.4 Å². The minimum atomic E-state index is 0.0383. The molecule has 0 aromatic heterocycles. The number of amides is 1. The zero-order valence-corrected chi connectivity index (χ0v) is 6.87. The summed E-state index contributed by atoms with van der Waals surface area (Å²) < 4.78 is 0. The lowest BCUT2D eigenvalue weighted by atomic mass is 10.1. The Bertz CT molecular complexity index is 143. The lowest BCUT2D eigenvalue weighted by Gasteiger charge is -2.10. The molecule has 1 N–H and O–H groups in total. The molecule has 1 amide bonds. The van der Waals surface area contributed by atoms with Crippen LogP contribution in [0.3, 0.4) is 0 Å². The number of halogens is 1. The fraction of sp³-hybridized carbons (Fsp3) is 0.857. The Morgan fingerprint density at radius 1 is 1.70 bits per heavy atom. The Balaban J connectivity index is 2.19. The van der Waals surface area contributed by atoms with E-state index in [0.717, 1.165) is 19.4 Å². The van der Waals surface area contributed by atoms with Crippen molar-refractivity contribution in [3.63, 3.8) is 0 Å². The van der Waals surface area contributed by atoms with Crippen LogP contribution >= 0.6 is 11.6 Å². The van der Waals surface area contributed by atoms with Crippen LogP contribution < -0.4 is 5.32 Å². The minimum absolute atomic E-state index is 0.0383. The Kier molecular flexibility index (Phi) is 2.19. The molecule has 58 valence electrons. The molecule has 0 aromatic rings. The zero-order valence-electron chi connectivity index (χ0n) is 6.11. The van der Waals surface area contributed by atoms with E-state index in [0.29, 0.717) is 5.88 Å². The Morgan fingerprint density at radius 2 is 2.30 bits per heavy atom. The number of carbonyl (C=O) groups excluding carboxylic acids is 1. The summed E-state index contributed by atoms with van der Waals surface area (Å²) in [5.74, 6) is 0.712. The second-order valence-corrected chi connectivity index (χ2v) is 3.31. The van der Waals surface area contributed by atoms with E-state index in [4.69, 9.17) is 11.6 Å². The van der Waals surface area contributed by atoms with Crippen LogP contribution in [0.25, 0.3) is 0 Å². The average molecular weight is 162 g/mol. The third-order valence-corrected chi connectivity index (χ3v) is 2.52. The van der Waals surface area contributed by atoms with Crippen molar-refractivity contribution in [1.29, 1.82) is 0 Å². The van der Waals surface area contributed by atoms with Gasteiger partial charge in [-0.2, -0.15) is 0 Å². The second kappa shape index (κ2) is 2.79. The highest BCUT2D eigenvalue weighted by atomic mass is 35.5. The molecule has 1 rings (SSSR count). The van der Waals surface area contributed by atoms with Gasteiger partial charge < -0.3 is 5.32 Å². The SMILES string of the molecule is CC(=O)NCC1(CCl)CC1. The van der Waals surface area contributed by atoms with Crippen molar-refractivity contribution < 1.29 is 4.79 Å². The number of nitrogens with one attached hydrogen (secondary N) is 1. The van der Waals surface area contributed by atoms with Crippen LogP contribution in [0.4, 0.5) is 0 Å². The first kappa shape index (κ1) is 7.86. The minimum Gasteiger partial charge on any atom is -0.356 e. The van der Waals surface area contributed by atoms with Crippen LogP contribution in [-0.4, -0.2) is 18.3 Å². The first-order chi connectivity index (χ1) is 4.68. The van der Waals surface area contributed by atoms with Crippen molar-refractivity contribution in [3.05, 3.63) is 0 Å². The van der Waals surface area contributed by atoms with E-state index in [1.54, 1.807) is 0 Å². The molecule has 0 heterocycles. The normalized spacial score (nSPS) is 20.2. The molecule has 3 heteroatoms. The molecule has 1 saturated carbocycles. The summed E-state index contributed by atoms with van der Waals surface area (Å²) in [7, 11) is 0. The quantitative estimate of drug-likeness (QED) is 0.618. The molecule has 10 heavy (non-hydrogen) atoms. The summed E-state index contributed by atoms with van der Waals surface area (Å²) in [6.45, 7) is 2.29. The maximum absolute atomic E-state index is 10.5. The number of alkyl halides is 1. The average Bonchev–Trinajstić information content (AvgIpc) is 2.64. The molecular weight excluding hydrogens is 150 g/mol. The Labute approximate surface area is 65.9 Å². The van der Waals surface area contributed by atoms with Crippen molar-refractivity contribution >= 4 is 17.5 Å². The smallest absolute Gasteiger partial charge is 0.216 e. The highest BCUT2D eigenvalue weighted by Crippen LogP contribution is 2.45. The summed E-state index contributed by atoms with van der Waals surface area (Å²) in [6, 6.07) is 0. The predicted molar refractivity (Wildman–Crippen MR) is 41.1 cm³/mol. The van der Waals surface area contributed by atoms with Crippen LogP contribution in [0.15, 0.2) is 0 Å². The molecule has 0 saturated heterocycles. The molecule has 0 spiro atoms. The molecule has 2 nitrogen and oxygen atoms in total. The predicted octanol–water partition coefficient (Wildman–Crippen LogP) is 1.14. The molecule has 0 aliphatic heterocycles. The van der Waals surface area contributed by atoms with E-state index in [-0.39, 0.29) is 11.3 Å². The van der Waals surface area contributed by atoms with Gasteiger partial charge in [-0.3, -0.25) is 4.79 Å². The maximum atomic E-state index is 10.5. The maximum Gasteiger partial charge on any atom is 0.216 e. The van der Waals surface area contributed by atoms with Gasteiger partial charge in [0, 0.05) is 24.8 Å². The number of hydrogen-bond acceptors (Lipinski definition) is 1. The first-order valence-electron chi connectivity index (χ1n) is 3.49. The van der Waals surface area contributed by atoms with Crippen molar-refractivity contribution in [3.8, 4) is 0 Å². The van der Waals surface area contributed by atoms with Crippen LogP contribution in [0.2, 0.25) is 0 Å². The number of hydrogen-bond donors (Lipinski definition) is 1. The number of carbonyl (C=O) groups is 1. The van der Waals surface area contributed by atoms with E-state index in [9.17, 15) is 4.79 Å². The summed E-state index contributed by atoms with van der Waals surface area (Å²) >= 11 is 5.69. The highest BCUT2D eigenvalue weighted by molar-refractivity contribution is 6.18. The van der Waals surface area contributed by atoms with Gasteiger partial charge in [-0.05, 0) is 12.8 Å². The Hall–Kier alpha value is -0.240. The van der Waals surface area contributed by atoms with E-state index in [2.05, 4.69) is 5.32 Å². The molecule has 1 fully saturated rings. The van der Waals surface area contributed by atoms with Crippen molar-refractivity contribution in [1.82, 2.24) is 5.32 Å². The standard InChI is InChI=1S/C7H12ClNO/c1-6(10)9-5-7(4-8)2-3-7/h2-5H2,1H3,(H,9,10). The second-order valence-electron chi connectivity index (χ2n) is 3.04. The summed E-state index contributed by atoms with van der Waals surface area (Å²) in [5, 5.41) is 2.78. The summed E-state index contributed by atoms with van der Waals surface area (Å²) in [4.78, 5) is 10.5. The van der Waals surface area contributed by atoms with Crippen molar-refractivity contribution in [2.24, 2.45) is 5.41 Å². The largest absolute Gasteiger partial charge is 0.356 e. The molecule has 1 aliphatic rings. The number of rotatable bonds is 3. The third kappa shape index (κ3) is 1.87. The van der Waals surface area contributed by atoms with Crippen LogP contribution in [0, 0.1) is 5.41 Å². The van der Waals surface area contributed by atoms with Gasteiger partial charge in [0.15, 0.2) is 0 Å². The van der Waals surface area contributed by atoms with E-state index in [1.807, 2.05) is 0 Å². The molecular formula is C7H12ClNO. The third-order valence-electron chi connectivity index (χ3n) is 1.95. The highest BCUT2D eigenvalue weighted by Gasteiger charge is 2.41. The first-order valence-corrected chi connectivity index (χ1v) is 4.02. The van der Waals surface area contributed by atoms with Crippen molar-refractivity contribution in [2.45, 2.75) is 19.8 Å². The molecule has 0 radical (unpaired) electrons. The molecule has 0 unspecified atom stereocenters. The fourth-order valence-corrected chi connectivity index (χ4v) is 1.21. The molecule has 0 bridgehead atoms. The lowest BCUT2D eigenvalue weighted by molar-refractivity contribution is -0.119. The van der Waals surface area contributed by atoms with E-state index < -0.39 is 0 Å². The van der Waals surface area contributed by atoms with Gasteiger partial charge in [0.25, 0.3) is 0 Å². The Morgan fingerprint density at radius 3 is 2.60 bits per heavy atom. The lowest BCUT2D eigenvalue weighted by Crippen LogP contribution is -2.28. The van der Waals surface area contributed by atoms with Gasteiger partial charge in [0.2, 0.25) is 5.91 Å². The summed E-state index contributed by atoms with van der Waals surface area (Å²) in [6.07, 6.45) is 2.33. The van der Waals surface area contributed by atoms with Gasteiger partial charge in [-0.15, -0.1) is 11.6 Å². The molecule has 0 atom stereocenters. The van der Waals surface area contributed by atoms with Gasteiger partial charge in [0.1, 0.15) is 0 Å². The van der Waals surface area contributed by atoms with Crippen LogP contribution in [0.5, 0.6) is 0 Å². The molecule has 1 aliphatic carbocycles. The van der Waals surface area contributed by atoms with Gasteiger partial charge in [-0.25, -0.2) is 0 Å². The zero-order chi connectivity index (χ0) is 7.61. The summed E-state index contributed by atoms with van der Waals surface area (Å²) in [5.41, 5.74) is 0.257. The van der Waals surface area contributed by atoms with Gasteiger partial charge >= 0.3 is 0 Å². The van der Waals surface area contributed by atoms with E-state index >= 15 is 0 Å². The molecule has 0 aromatic carbocycles. The fourth-order valence-electron chi connectivity index (χ4n) is 0.846. The van der Waals surface area contributed by atoms with E-state index in [1.165, 1.54) is 6.92 Å². The van der Waals surface area contributed by atoms with Gasteiger partial charge in [-0.1, -0.05) is 0 Å². The monoisotopic (exact) mass is 161 g/mol. The van der Waals surface area contributed by atoms with Gasteiger partial charge in [0.05, 0.1) is 0 Å². The van der Waals surface area contributed by atoms with Crippen LogP contribution in [0.1, 0.15) is 19.8 Å². The topological polar surface area (TPSA) is 29.1 Å². The van der Waals surface area contributed by atoms with Crippen LogP contribution in [-0.2, 0) is 4.79 Å².